The minimum Gasteiger partial charge on any atom is -0.456 e. The van der Waals surface area contributed by atoms with E-state index >= 15 is 0 Å². The largest absolute Gasteiger partial charge is 0.456 e. The fourth-order valence-corrected chi connectivity index (χ4v) is 5.32. The number of benzene rings is 1. The van der Waals surface area contributed by atoms with Gasteiger partial charge in [-0.2, -0.15) is 0 Å². The molecule has 6 nitrogen and oxygen atoms in total. The Kier molecular flexibility index (Phi) is 5.00. The minimum absolute atomic E-state index is 0.222. The van der Waals surface area contributed by atoms with Crippen LogP contribution in [0.15, 0.2) is 24.3 Å². The number of esters is 1. The Morgan fingerprint density at radius 1 is 1.07 bits per heavy atom. The molecule has 1 aliphatic heterocycles. The number of rotatable bonds is 6. The summed E-state index contributed by atoms with van der Waals surface area (Å²) in [6, 6.07) is 3.90. The van der Waals surface area contributed by atoms with E-state index in [1.54, 1.807) is 13.8 Å². The summed E-state index contributed by atoms with van der Waals surface area (Å²) in [6.45, 7) is 2.97. The predicted molar refractivity (Wildman–Crippen MR) is 100.0 cm³/mol. The summed E-state index contributed by atoms with van der Waals surface area (Å²) < 4.78 is 18.2. The highest BCUT2D eigenvalue weighted by Crippen LogP contribution is 2.56. The van der Waals surface area contributed by atoms with Crippen LogP contribution in [0.3, 0.4) is 0 Å². The number of halogens is 1. The molecule has 1 aromatic carbocycles. The molecule has 4 rings (SSSR count). The third kappa shape index (κ3) is 3.26. The molecule has 2 aliphatic carbocycles. The maximum Gasteiger partial charge on any atom is 0.330 e. The molecular formula is C22H24FNO5. The van der Waals surface area contributed by atoms with Gasteiger partial charge in [0.15, 0.2) is 12.4 Å². The summed E-state index contributed by atoms with van der Waals surface area (Å²) in [5, 5.41) is 0. The van der Waals surface area contributed by atoms with Crippen molar-refractivity contribution in [1.82, 2.24) is 4.90 Å². The number of fused-ring (bicyclic) bond motifs is 5. The zero-order valence-electron chi connectivity index (χ0n) is 16.5. The van der Waals surface area contributed by atoms with E-state index in [1.807, 2.05) is 0 Å². The van der Waals surface area contributed by atoms with Gasteiger partial charge in [-0.3, -0.25) is 19.3 Å². The third-order valence-corrected chi connectivity index (χ3v) is 6.62. The van der Waals surface area contributed by atoms with Crippen molar-refractivity contribution in [2.24, 2.45) is 29.6 Å². The zero-order valence-corrected chi connectivity index (χ0v) is 16.5. The average Bonchev–Trinajstić information content (AvgIpc) is 3.36. The number of likely N-dealkylation sites (tertiary alicyclic amines) is 1. The Morgan fingerprint density at radius 3 is 2.14 bits per heavy atom. The van der Waals surface area contributed by atoms with E-state index in [0.29, 0.717) is 0 Å². The van der Waals surface area contributed by atoms with Crippen LogP contribution in [0.4, 0.5) is 4.39 Å². The third-order valence-electron chi connectivity index (χ3n) is 6.62. The molecule has 29 heavy (non-hydrogen) atoms. The second-order valence-electron chi connectivity index (χ2n) is 8.66. The van der Waals surface area contributed by atoms with Crippen molar-refractivity contribution in [3.63, 3.8) is 0 Å². The van der Waals surface area contributed by atoms with Gasteiger partial charge in [-0.25, -0.2) is 9.18 Å². The molecule has 3 aliphatic rings. The van der Waals surface area contributed by atoms with Crippen molar-refractivity contribution in [3.8, 4) is 0 Å². The standard InChI is InChI=1S/C22H24FNO5/c1-11(2)19(22(28)29-10-16(25)12-5-7-15(23)8-6-12)24-20(26)17-13-3-4-14(9-13)18(17)21(24)27/h5-8,11,13-14,17-19H,3-4,9-10H2,1-2H3/t13-,14+,17-,18+,19-/m0/s1. The molecule has 0 aromatic heterocycles. The molecule has 0 radical (unpaired) electrons. The molecule has 3 fully saturated rings. The first kappa shape index (κ1) is 19.7. The Morgan fingerprint density at radius 2 is 1.62 bits per heavy atom. The summed E-state index contributed by atoms with van der Waals surface area (Å²) in [4.78, 5) is 52.1. The Bertz CT molecular complexity index is 836. The van der Waals surface area contributed by atoms with Crippen LogP contribution in [0.5, 0.6) is 0 Å². The Labute approximate surface area is 168 Å². The number of imide groups is 1. The van der Waals surface area contributed by atoms with Crippen LogP contribution in [-0.4, -0.2) is 41.1 Å². The van der Waals surface area contributed by atoms with Crippen LogP contribution >= 0.6 is 0 Å². The molecule has 154 valence electrons. The van der Waals surface area contributed by atoms with Crippen molar-refractivity contribution in [2.45, 2.75) is 39.2 Å². The predicted octanol–water partition coefficient (Wildman–Crippen LogP) is 2.61. The fourth-order valence-electron chi connectivity index (χ4n) is 5.32. The number of ketones is 1. The average molecular weight is 401 g/mol. The van der Waals surface area contributed by atoms with Gasteiger partial charge in [-0.1, -0.05) is 13.8 Å². The summed E-state index contributed by atoms with van der Waals surface area (Å²) in [5.41, 5.74) is 0.222. The quantitative estimate of drug-likeness (QED) is 0.416. The van der Waals surface area contributed by atoms with Crippen LogP contribution in [-0.2, 0) is 19.1 Å². The lowest BCUT2D eigenvalue weighted by atomic mass is 9.81. The maximum atomic E-state index is 13.0. The van der Waals surface area contributed by atoms with Crippen LogP contribution in [0, 0.1) is 35.4 Å². The molecule has 2 amide bonds. The summed E-state index contributed by atoms with van der Waals surface area (Å²) in [6.07, 6.45) is 2.84. The lowest BCUT2D eigenvalue weighted by molar-refractivity contribution is -0.160. The fraction of sp³-hybridized carbons (Fsp3) is 0.545. The number of amides is 2. The summed E-state index contributed by atoms with van der Waals surface area (Å²) >= 11 is 0. The van der Waals surface area contributed by atoms with Crippen LogP contribution in [0.1, 0.15) is 43.5 Å². The SMILES string of the molecule is CC(C)[C@@H](C(=O)OCC(=O)c1ccc(F)cc1)N1C(=O)[C@@H]2[C@@H]3CC[C@@H](C3)[C@@H]2C1=O. The molecule has 1 heterocycles. The van der Waals surface area contributed by atoms with Crippen molar-refractivity contribution >= 4 is 23.6 Å². The van der Waals surface area contributed by atoms with E-state index in [0.717, 1.165) is 36.3 Å². The smallest absolute Gasteiger partial charge is 0.330 e. The van der Waals surface area contributed by atoms with Crippen molar-refractivity contribution in [3.05, 3.63) is 35.6 Å². The van der Waals surface area contributed by atoms with Gasteiger partial charge in [0.25, 0.3) is 0 Å². The van der Waals surface area contributed by atoms with E-state index in [4.69, 9.17) is 4.74 Å². The van der Waals surface area contributed by atoms with Gasteiger partial charge in [0, 0.05) is 5.56 Å². The van der Waals surface area contributed by atoms with Gasteiger partial charge in [-0.15, -0.1) is 0 Å². The molecule has 1 aromatic rings. The van der Waals surface area contributed by atoms with Crippen molar-refractivity contribution < 1.29 is 28.3 Å². The molecular weight excluding hydrogens is 377 g/mol. The van der Waals surface area contributed by atoms with E-state index in [-0.39, 0.29) is 47.0 Å². The first-order valence-corrected chi connectivity index (χ1v) is 10.1. The molecule has 0 unspecified atom stereocenters. The number of nitrogens with zero attached hydrogens (tertiary/aromatic N) is 1. The number of hydrogen-bond donors (Lipinski definition) is 0. The number of hydrogen-bond acceptors (Lipinski definition) is 5. The van der Waals surface area contributed by atoms with Gasteiger partial charge in [0.05, 0.1) is 11.8 Å². The zero-order chi connectivity index (χ0) is 20.9. The molecule has 2 bridgehead atoms. The first-order chi connectivity index (χ1) is 13.8. The van der Waals surface area contributed by atoms with Gasteiger partial charge >= 0.3 is 5.97 Å². The molecule has 0 spiro atoms. The van der Waals surface area contributed by atoms with Crippen LogP contribution in [0.25, 0.3) is 0 Å². The van der Waals surface area contributed by atoms with E-state index < -0.39 is 30.2 Å². The first-order valence-electron chi connectivity index (χ1n) is 10.1. The second-order valence-corrected chi connectivity index (χ2v) is 8.66. The lowest BCUT2D eigenvalue weighted by Crippen LogP contribution is -2.50. The minimum atomic E-state index is -1.04. The normalized spacial score (nSPS) is 28.8. The monoisotopic (exact) mass is 401 g/mol. The van der Waals surface area contributed by atoms with E-state index in [1.165, 1.54) is 12.1 Å². The number of Topliss-reactive ketones (excluding diaryl/α,β-unsaturated/α-hetero) is 1. The van der Waals surface area contributed by atoms with Crippen LogP contribution < -0.4 is 0 Å². The molecule has 5 atom stereocenters. The number of carbonyl (C=O) groups is 4. The second kappa shape index (κ2) is 7.35. The highest BCUT2D eigenvalue weighted by Gasteiger charge is 2.62. The van der Waals surface area contributed by atoms with E-state index in [9.17, 15) is 23.6 Å². The Balaban J connectivity index is 1.47. The van der Waals surface area contributed by atoms with Gasteiger partial charge in [0.2, 0.25) is 11.8 Å². The summed E-state index contributed by atoms with van der Waals surface area (Å²) in [7, 11) is 0. The lowest BCUT2D eigenvalue weighted by Gasteiger charge is -2.28. The highest BCUT2D eigenvalue weighted by atomic mass is 19.1. The van der Waals surface area contributed by atoms with Crippen LogP contribution in [0.2, 0.25) is 0 Å². The molecule has 7 heteroatoms. The maximum absolute atomic E-state index is 13.0. The topological polar surface area (TPSA) is 80.8 Å². The molecule has 2 saturated carbocycles. The van der Waals surface area contributed by atoms with Gasteiger partial charge in [0.1, 0.15) is 11.9 Å². The number of ether oxygens (including phenoxy) is 1. The number of carbonyl (C=O) groups excluding carboxylic acids is 4. The van der Waals surface area contributed by atoms with Crippen molar-refractivity contribution in [1.29, 1.82) is 0 Å². The summed E-state index contributed by atoms with van der Waals surface area (Å²) in [5.74, 6) is -2.74. The molecule has 1 saturated heterocycles. The highest BCUT2D eigenvalue weighted by molar-refractivity contribution is 6.09. The molecule has 0 N–H and O–H groups in total. The van der Waals surface area contributed by atoms with E-state index in [2.05, 4.69) is 0 Å². The van der Waals surface area contributed by atoms with Crippen molar-refractivity contribution in [2.75, 3.05) is 6.61 Å². The Hall–Kier alpha value is -2.57. The van der Waals surface area contributed by atoms with Gasteiger partial charge in [-0.05, 0) is 61.3 Å². The van der Waals surface area contributed by atoms with Gasteiger partial charge < -0.3 is 4.74 Å².